The lowest BCUT2D eigenvalue weighted by molar-refractivity contribution is -0.528. The Labute approximate surface area is 63.0 Å². The third-order valence-corrected chi connectivity index (χ3v) is 1.47. The second-order valence-corrected chi connectivity index (χ2v) is 2.36. The van der Waals surface area contributed by atoms with Crippen molar-refractivity contribution >= 4 is 0 Å². The average molecular weight is 156 g/mol. The molecule has 0 aliphatic heterocycles. The highest BCUT2D eigenvalue weighted by Crippen LogP contribution is 2.14. The molecular formula is C6H8N2O3. The standard InChI is InChI=1S/C6H8N2O3/c7-6(9)4-2-1-3-5(6)8(10)11/h1-5,9H,7H2. The van der Waals surface area contributed by atoms with E-state index in [1.807, 2.05) is 0 Å². The van der Waals surface area contributed by atoms with Crippen molar-refractivity contribution < 1.29 is 10.0 Å². The van der Waals surface area contributed by atoms with Crippen LogP contribution in [0.2, 0.25) is 0 Å². The largest absolute Gasteiger partial charge is 0.366 e. The first-order chi connectivity index (χ1) is 5.04. The van der Waals surface area contributed by atoms with Gasteiger partial charge in [0.15, 0.2) is 0 Å². The molecule has 11 heavy (non-hydrogen) atoms. The number of nitrogens with two attached hydrogens (primary N) is 1. The molecule has 0 saturated carbocycles. The molecule has 0 amide bonds. The molecular weight excluding hydrogens is 148 g/mol. The van der Waals surface area contributed by atoms with Gasteiger partial charge < -0.3 is 5.11 Å². The van der Waals surface area contributed by atoms with Crippen molar-refractivity contribution in [2.24, 2.45) is 5.73 Å². The van der Waals surface area contributed by atoms with Gasteiger partial charge in [0.05, 0.1) is 0 Å². The lowest BCUT2D eigenvalue weighted by Gasteiger charge is -2.22. The minimum atomic E-state index is -1.85. The van der Waals surface area contributed by atoms with E-state index in [1.165, 1.54) is 24.3 Å². The van der Waals surface area contributed by atoms with E-state index in [0.717, 1.165) is 0 Å². The molecule has 0 aromatic carbocycles. The molecule has 0 aromatic heterocycles. The van der Waals surface area contributed by atoms with Gasteiger partial charge in [0, 0.05) is 4.92 Å². The molecule has 0 heterocycles. The molecule has 0 saturated heterocycles. The molecule has 1 aliphatic rings. The topological polar surface area (TPSA) is 89.4 Å². The summed E-state index contributed by atoms with van der Waals surface area (Å²) >= 11 is 0. The summed E-state index contributed by atoms with van der Waals surface area (Å²) in [6.45, 7) is 0. The summed E-state index contributed by atoms with van der Waals surface area (Å²) in [5, 5.41) is 19.5. The molecule has 0 aromatic rings. The van der Waals surface area contributed by atoms with Crippen LogP contribution in [0.4, 0.5) is 0 Å². The Morgan fingerprint density at radius 1 is 1.64 bits per heavy atom. The van der Waals surface area contributed by atoms with Crippen LogP contribution in [0.1, 0.15) is 0 Å². The Bertz CT molecular complexity index is 232. The number of hydrogen-bond acceptors (Lipinski definition) is 4. The Balaban J connectivity index is 2.89. The highest BCUT2D eigenvalue weighted by atomic mass is 16.6. The molecule has 2 atom stereocenters. The second kappa shape index (κ2) is 2.44. The Morgan fingerprint density at radius 3 is 2.64 bits per heavy atom. The van der Waals surface area contributed by atoms with Gasteiger partial charge in [-0.25, -0.2) is 0 Å². The molecule has 3 N–H and O–H groups in total. The molecule has 1 rings (SSSR count). The van der Waals surface area contributed by atoms with Crippen LogP contribution in [0.15, 0.2) is 24.3 Å². The Morgan fingerprint density at radius 2 is 2.27 bits per heavy atom. The van der Waals surface area contributed by atoms with Crippen LogP contribution in [0.3, 0.4) is 0 Å². The Kier molecular flexibility index (Phi) is 1.76. The number of nitrogens with zero attached hydrogens (tertiary/aromatic N) is 1. The second-order valence-electron chi connectivity index (χ2n) is 2.36. The summed E-state index contributed by atoms with van der Waals surface area (Å²) in [7, 11) is 0. The van der Waals surface area contributed by atoms with Crippen LogP contribution in [0.5, 0.6) is 0 Å². The van der Waals surface area contributed by atoms with E-state index in [4.69, 9.17) is 5.73 Å². The number of rotatable bonds is 1. The van der Waals surface area contributed by atoms with E-state index in [-0.39, 0.29) is 0 Å². The van der Waals surface area contributed by atoms with E-state index in [0.29, 0.717) is 0 Å². The fourth-order valence-electron chi connectivity index (χ4n) is 0.871. The molecule has 0 bridgehead atoms. The van der Waals surface area contributed by atoms with Gasteiger partial charge in [-0.3, -0.25) is 15.8 Å². The normalized spacial score (nSPS) is 35.6. The monoisotopic (exact) mass is 156 g/mol. The zero-order valence-electron chi connectivity index (χ0n) is 5.68. The van der Waals surface area contributed by atoms with Crippen LogP contribution in [-0.4, -0.2) is 21.8 Å². The quantitative estimate of drug-likeness (QED) is 0.301. The van der Waals surface area contributed by atoms with Crippen LogP contribution >= 0.6 is 0 Å². The van der Waals surface area contributed by atoms with Crippen molar-refractivity contribution in [3.05, 3.63) is 34.4 Å². The minimum absolute atomic E-state index is 0.625. The number of aliphatic hydroxyl groups is 1. The lowest BCUT2D eigenvalue weighted by Crippen LogP contribution is -2.52. The van der Waals surface area contributed by atoms with Gasteiger partial charge in [-0.15, -0.1) is 0 Å². The summed E-state index contributed by atoms with van der Waals surface area (Å²) in [5.74, 6) is 0. The van der Waals surface area contributed by atoms with Crippen molar-refractivity contribution in [1.82, 2.24) is 0 Å². The maximum absolute atomic E-state index is 10.3. The molecule has 2 unspecified atom stereocenters. The number of nitro groups is 1. The van der Waals surface area contributed by atoms with Crippen LogP contribution in [0, 0.1) is 10.1 Å². The molecule has 0 spiro atoms. The summed E-state index contributed by atoms with van der Waals surface area (Å²) < 4.78 is 0. The number of hydrogen-bond donors (Lipinski definition) is 2. The summed E-state index contributed by atoms with van der Waals surface area (Å²) in [6.07, 6.45) is 5.40. The highest BCUT2D eigenvalue weighted by Gasteiger charge is 2.38. The van der Waals surface area contributed by atoms with Gasteiger partial charge in [0.1, 0.15) is 0 Å². The predicted molar refractivity (Wildman–Crippen MR) is 38.2 cm³/mol. The van der Waals surface area contributed by atoms with Crippen molar-refractivity contribution in [1.29, 1.82) is 0 Å². The van der Waals surface area contributed by atoms with Crippen molar-refractivity contribution in [3.8, 4) is 0 Å². The van der Waals surface area contributed by atoms with Crippen LogP contribution in [-0.2, 0) is 0 Å². The molecule has 60 valence electrons. The maximum Gasteiger partial charge on any atom is 0.276 e. The molecule has 0 fully saturated rings. The highest BCUT2D eigenvalue weighted by molar-refractivity contribution is 5.20. The third kappa shape index (κ3) is 1.44. The fraction of sp³-hybridized carbons (Fsp3) is 0.333. The van der Waals surface area contributed by atoms with Gasteiger partial charge in [0.25, 0.3) is 6.04 Å². The van der Waals surface area contributed by atoms with Crippen LogP contribution < -0.4 is 5.73 Å². The maximum atomic E-state index is 10.3. The van der Waals surface area contributed by atoms with Gasteiger partial charge in [0.2, 0.25) is 5.72 Å². The van der Waals surface area contributed by atoms with Gasteiger partial charge in [-0.2, -0.15) is 0 Å². The van der Waals surface area contributed by atoms with Crippen molar-refractivity contribution in [3.63, 3.8) is 0 Å². The molecule has 5 nitrogen and oxygen atoms in total. The van der Waals surface area contributed by atoms with Gasteiger partial charge in [-0.1, -0.05) is 12.2 Å². The van der Waals surface area contributed by atoms with E-state index < -0.39 is 16.7 Å². The zero-order chi connectivity index (χ0) is 8.48. The average Bonchev–Trinajstić information content (AvgIpc) is 1.85. The first-order valence-corrected chi connectivity index (χ1v) is 3.05. The van der Waals surface area contributed by atoms with Gasteiger partial charge in [-0.05, 0) is 12.2 Å². The Hall–Kier alpha value is -1.20. The minimum Gasteiger partial charge on any atom is -0.366 e. The van der Waals surface area contributed by atoms with E-state index >= 15 is 0 Å². The lowest BCUT2D eigenvalue weighted by atomic mass is 10.0. The van der Waals surface area contributed by atoms with E-state index in [1.54, 1.807) is 0 Å². The first-order valence-electron chi connectivity index (χ1n) is 3.05. The van der Waals surface area contributed by atoms with Crippen molar-refractivity contribution in [2.75, 3.05) is 0 Å². The van der Waals surface area contributed by atoms with Crippen molar-refractivity contribution in [2.45, 2.75) is 11.8 Å². The summed E-state index contributed by atoms with van der Waals surface area (Å²) in [5.41, 5.74) is 3.35. The molecule has 5 heteroatoms. The fourth-order valence-corrected chi connectivity index (χ4v) is 0.871. The molecule has 0 radical (unpaired) electrons. The predicted octanol–water partition coefficient (Wildman–Crippen LogP) is -0.595. The first kappa shape index (κ1) is 7.90. The summed E-state index contributed by atoms with van der Waals surface area (Å²) in [6, 6.07) is -1.24. The zero-order valence-corrected chi connectivity index (χ0v) is 5.68. The summed E-state index contributed by atoms with van der Waals surface area (Å²) in [4.78, 5) is 9.63. The van der Waals surface area contributed by atoms with Crippen LogP contribution in [0.25, 0.3) is 0 Å². The van der Waals surface area contributed by atoms with Gasteiger partial charge >= 0.3 is 0 Å². The van der Waals surface area contributed by atoms with E-state index in [2.05, 4.69) is 0 Å². The SMILES string of the molecule is NC1(O)C=CC=CC1[N+](=O)[O-]. The smallest absolute Gasteiger partial charge is 0.276 e. The number of allylic oxidation sites excluding steroid dienone is 2. The molecule has 1 aliphatic carbocycles. The van der Waals surface area contributed by atoms with E-state index in [9.17, 15) is 15.2 Å². The third-order valence-electron chi connectivity index (χ3n) is 1.47.